The van der Waals surface area contributed by atoms with Crippen LogP contribution in [0.4, 0.5) is 4.39 Å². The first-order valence-corrected chi connectivity index (χ1v) is 13.6. The molecular weight excluding hydrogens is 459 g/mol. The number of thioether (sulfide) groups is 1. The van der Waals surface area contributed by atoms with Crippen molar-refractivity contribution in [2.75, 3.05) is 25.2 Å². The summed E-state index contributed by atoms with van der Waals surface area (Å²) >= 11 is 3.14. The monoisotopic (exact) mass is 484 g/mol. The van der Waals surface area contributed by atoms with E-state index < -0.39 is 16.0 Å². The second-order valence-electron chi connectivity index (χ2n) is 7.67. The first-order valence-electron chi connectivity index (χ1n) is 10.2. The zero-order valence-corrected chi connectivity index (χ0v) is 19.7. The largest absolute Gasteiger partial charge is 0.465 e. The maximum Gasteiger partial charge on any atom is 0.340 e. The molecule has 0 saturated carbocycles. The van der Waals surface area contributed by atoms with Gasteiger partial charge in [0.15, 0.2) is 0 Å². The molecule has 3 heterocycles. The Morgan fingerprint density at radius 2 is 1.97 bits per heavy atom. The molecule has 0 bridgehead atoms. The minimum absolute atomic E-state index is 0.00695. The number of nitrogens with one attached hydrogen (secondary N) is 1. The van der Waals surface area contributed by atoms with Crippen LogP contribution in [0.15, 0.2) is 28.5 Å². The highest BCUT2D eigenvalue weighted by Crippen LogP contribution is 2.38. The van der Waals surface area contributed by atoms with Crippen LogP contribution in [-0.4, -0.2) is 50.5 Å². The SMILES string of the molecule is COC(=O)c1c(S(=O)(=O)NCc2ccc(F)cc2)sc2c1CCN(C1CCSCC1)C2. The molecule has 4 rings (SSSR count). The molecule has 0 radical (unpaired) electrons. The highest BCUT2D eigenvalue weighted by molar-refractivity contribution is 7.99. The van der Waals surface area contributed by atoms with Crippen LogP contribution in [-0.2, 0) is 34.3 Å². The summed E-state index contributed by atoms with van der Waals surface area (Å²) in [5, 5.41) is 0. The van der Waals surface area contributed by atoms with Gasteiger partial charge in [-0.3, -0.25) is 4.90 Å². The van der Waals surface area contributed by atoms with E-state index in [2.05, 4.69) is 9.62 Å². The smallest absolute Gasteiger partial charge is 0.340 e. The molecule has 1 N–H and O–H groups in total. The van der Waals surface area contributed by atoms with E-state index in [1.165, 1.54) is 31.4 Å². The summed E-state index contributed by atoms with van der Waals surface area (Å²) in [5.74, 6) is 1.30. The van der Waals surface area contributed by atoms with Crippen molar-refractivity contribution in [3.05, 3.63) is 51.7 Å². The van der Waals surface area contributed by atoms with Gasteiger partial charge in [-0.05, 0) is 54.0 Å². The number of esters is 1. The van der Waals surface area contributed by atoms with E-state index in [1.54, 1.807) is 0 Å². The minimum atomic E-state index is -3.94. The summed E-state index contributed by atoms with van der Waals surface area (Å²) in [6.07, 6.45) is 2.91. The number of rotatable bonds is 6. The average molecular weight is 485 g/mol. The molecule has 1 aromatic carbocycles. The summed E-state index contributed by atoms with van der Waals surface area (Å²) in [6.45, 7) is 1.48. The summed E-state index contributed by atoms with van der Waals surface area (Å²) < 4.78 is 46.8. The summed E-state index contributed by atoms with van der Waals surface area (Å²) in [6, 6.07) is 6.13. The first-order chi connectivity index (χ1) is 14.9. The van der Waals surface area contributed by atoms with Crippen LogP contribution in [0.5, 0.6) is 0 Å². The van der Waals surface area contributed by atoms with Gasteiger partial charge in [0.1, 0.15) is 10.0 Å². The standard InChI is InChI=1S/C21H25FN2O4S3/c1-28-20(25)19-17-6-9-24(16-7-10-29-11-8-16)13-18(17)30-21(19)31(26,27)23-12-14-2-4-15(22)5-3-14/h2-5,16,23H,6-13H2,1H3. The lowest BCUT2D eigenvalue weighted by Crippen LogP contribution is -2.41. The molecule has 1 saturated heterocycles. The molecule has 1 aromatic heterocycles. The summed E-state index contributed by atoms with van der Waals surface area (Å²) in [4.78, 5) is 15.9. The van der Waals surface area contributed by atoms with Gasteiger partial charge in [0.05, 0.1) is 12.7 Å². The van der Waals surface area contributed by atoms with Gasteiger partial charge in [0.2, 0.25) is 0 Å². The topological polar surface area (TPSA) is 75.7 Å². The number of halogens is 1. The molecular formula is C21H25FN2O4S3. The van der Waals surface area contributed by atoms with Crippen molar-refractivity contribution in [3.8, 4) is 0 Å². The fraction of sp³-hybridized carbons (Fsp3) is 0.476. The Labute approximate surface area is 190 Å². The fourth-order valence-electron chi connectivity index (χ4n) is 4.10. The van der Waals surface area contributed by atoms with Gasteiger partial charge in [-0.25, -0.2) is 22.3 Å². The maximum atomic E-state index is 13.1. The normalized spacial score (nSPS) is 18.0. The minimum Gasteiger partial charge on any atom is -0.465 e. The fourth-order valence-corrected chi connectivity index (χ4v) is 8.16. The number of hydrogen-bond donors (Lipinski definition) is 1. The lowest BCUT2D eigenvalue weighted by Gasteiger charge is -2.36. The number of carbonyl (C=O) groups is 1. The number of nitrogens with zero attached hydrogens (tertiary/aromatic N) is 1. The van der Waals surface area contributed by atoms with E-state index >= 15 is 0 Å². The Morgan fingerprint density at radius 1 is 1.26 bits per heavy atom. The molecule has 0 spiro atoms. The zero-order valence-electron chi connectivity index (χ0n) is 17.2. The zero-order chi connectivity index (χ0) is 22.0. The van der Waals surface area contributed by atoms with Crippen LogP contribution >= 0.6 is 23.1 Å². The van der Waals surface area contributed by atoms with E-state index in [0.29, 0.717) is 24.6 Å². The Hall–Kier alpha value is -1.46. The van der Waals surface area contributed by atoms with E-state index in [1.807, 2.05) is 11.8 Å². The van der Waals surface area contributed by atoms with Gasteiger partial charge < -0.3 is 4.74 Å². The second kappa shape index (κ2) is 9.58. The first kappa shape index (κ1) is 22.7. The molecule has 0 aliphatic carbocycles. The van der Waals surface area contributed by atoms with Crippen LogP contribution in [0, 0.1) is 5.82 Å². The molecule has 10 heteroatoms. The molecule has 31 heavy (non-hydrogen) atoms. The molecule has 168 valence electrons. The summed E-state index contributed by atoms with van der Waals surface area (Å²) in [7, 11) is -2.67. The third-order valence-corrected chi connectivity index (χ3v) is 9.96. The molecule has 6 nitrogen and oxygen atoms in total. The van der Waals surface area contributed by atoms with E-state index in [9.17, 15) is 17.6 Å². The lowest BCUT2D eigenvalue weighted by molar-refractivity contribution is 0.0595. The summed E-state index contributed by atoms with van der Waals surface area (Å²) in [5.41, 5.74) is 1.58. The van der Waals surface area contributed by atoms with Crippen LogP contribution in [0.25, 0.3) is 0 Å². The van der Waals surface area contributed by atoms with E-state index in [0.717, 1.165) is 52.7 Å². The Kier molecular flexibility index (Phi) is 7.02. The van der Waals surface area contributed by atoms with Gasteiger partial charge in [-0.15, -0.1) is 11.3 Å². The number of hydrogen-bond acceptors (Lipinski definition) is 7. The van der Waals surface area contributed by atoms with Crippen molar-refractivity contribution >= 4 is 39.1 Å². The predicted octanol–water partition coefficient (Wildman–Crippen LogP) is 3.41. The molecule has 0 atom stereocenters. The number of methoxy groups -OCH3 is 1. The predicted molar refractivity (Wildman–Crippen MR) is 121 cm³/mol. The van der Waals surface area contributed by atoms with Crippen molar-refractivity contribution in [1.29, 1.82) is 0 Å². The van der Waals surface area contributed by atoms with Crippen molar-refractivity contribution < 1.29 is 22.3 Å². The lowest BCUT2D eigenvalue weighted by atomic mass is 10.0. The highest BCUT2D eigenvalue weighted by Gasteiger charge is 2.35. The van der Waals surface area contributed by atoms with Crippen LogP contribution < -0.4 is 4.72 Å². The van der Waals surface area contributed by atoms with Gasteiger partial charge in [0, 0.05) is 30.6 Å². The van der Waals surface area contributed by atoms with Gasteiger partial charge >= 0.3 is 5.97 Å². The van der Waals surface area contributed by atoms with Gasteiger partial charge in [0.25, 0.3) is 10.0 Å². The quantitative estimate of drug-likeness (QED) is 0.634. The van der Waals surface area contributed by atoms with Gasteiger partial charge in [-0.1, -0.05) is 12.1 Å². The Morgan fingerprint density at radius 3 is 2.65 bits per heavy atom. The molecule has 1 fully saturated rings. The number of carbonyl (C=O) groups excluding carboxylic acids is 1. The maximum absolute atomic E-state index is 13.1. The highest BCUT2D eigenvalue weighted by atomic mass is 32.2. The average Bonchev–Trinajstić information content (AvgIpc) is 3.18. The van der Waals surface area contributed by atoms with Crippen molar-refractivity contribution in [3.63, 3.8) is 0 Å². The van der Waals surface area contributed by atoms with Crippen molar-refractivity contribution in [1.82, 2.24) is 9.62 Å². The number of benzene rings is 1. The van der Waals surface area contributed by atoms with Gasteiger partial charge in [-0.2, -0.15) is 11.8 Å². The van der Waals surface area contributed by atoms with E-state index in [4.69, 9.17) is 4.74 Å². The van der Waals surface area contributed by atoms with Crippen LogP contribution in [0.2, 0.25) is 0 Å². The third kappa shape index (κ3) is 4.98. The Balaban J connectivity index is 1.60. The van der Waals surface area contributed by atoms with E-state index in [-0.39, 0.29) is 22.1 Å². The Bertz CT molecular complexity index is 1050. The molecule has 0 unspecified atom stereocenters. The third-order valence-electron chi connectivity index (χ3n) is 5.77. The molecule has 2 aliphatic heterocycles. The molecule has 2 aliphatic rings. The number of sulfonamides is 1. The molecule has 2 aromatic rings. The van der Waals surface area contributed by atoms with Crippen molar-refractivity contribution in [2.45, 2.75) is 42.6 Å². The van der Waals surface area contributed by atoms with Crippen LogP contribution in [0.3, 0.4) is 0 Å². The number of ether oxygens (including phenoxy) is 1. The van der Waals surface area contributed by atoms with Crippen molar-refractivity contribution in [2.24, 2.45) is 0 Å². The number of fused-ring (bicyclic) bond motifs is 1. The second-order valence-corrected chi connectivity index (χ2v) is 12.0. The molecule has 0 amide bonds. The number of thiophene rings is 1. The van der Waals surface area contributed by atoms with Crippen LogP contribution in [0.1, 0.15) is 39.2 Å².